The van der Waals surface area contributed by atoms with E-state index in [2.05, 4.69) is 5.32 Å². The largest absolute Gasteiger partial charge is 0.481 e. The van der Waals surface area contributed by atoms with E-state index < -0.39 is 72.1 Å². The molecule has 0 aromatic heterocycles. The number of nitrogens with one attached hydrogen (secondary N) is 2. The van der Waals surface area contributed by atoms with Crippen molar-refractivity contribution in [1.29, 1.82) is 0 Å². The molecule has 1 heterocycles. The average molecular weight is 568 g/mol. The van der Waals surface area contributed by atoms with Gasteiger partial charge in [0.15, 0.2) is 0 Å². The number of carboxylic acids is 3. The van der Waals surface area contributed by atoms with Crippen molar-refractivity contribution in [2.24, 2.45) is 0 Å². The zero-order valence-corrected chi connectivity index (χ0v) is 21.1. The van der Waals surface area contributed by atoms with Crippen LogP contribution in [0, 0.1) is 10.1 Å². The van der Waals surface area contributed by atoms with E-state index in [4.69, 9.17) is 20.1 Å². The number of nitro groups is 1. The predicted molar refractivity (Wildman–Crippen MR) is 131 cm³/mol. The van der Waals surface area contributed by atoms with Crippen molar-refractivity contribution in [2.75, 3.05) is 6.54 Å². The van der Waals surface area contributed by atoms with Gasteiger partial charge in [-0.2, -0.15) is 0 Å². The van der Waals surface area contributed by atoms with Crippen molar-refractivity contribution >= 4 is 47.5 Å². The number of nitrogens with zero attached hydrogens (tertiary/aromatic N) is 2. The average Bonchev–Trinajstić information content (AvgIpc) is 2.86. The molecule has 0 spiro atoms. The number of carbonyl (C=O) groups excluding carboxylic acids is 4. The number of hydrogen-bond acceptors (Lipinski definition) is 10. The maximum Gasteiger partial charge on any atom is 0.407 e. The van der Waals surface area contributed by atoms with Crippen LogP contribution in [-0.2, 0) is 35.3 Å². The fraction of sp³-hybridized carbons (Fsp3) is 0.435. The van der Waals surface area contributed by atoms with Crippen LogP contribution in [0.25, 0.3) is 0 Å². The molecular formula is C23H28N4O13. The topological polar surface area (TPSA) is 260 Å². The number of urea groups is 1. The minimum Gasteiger partial charge on any atom is -0.481 e. The van der Waals surface area contributed by atoms with E-state index in [1.165, 1.54) is 24.3 Å². The molecule has 5 N–H and O–H groups in total. The number of carbonyl (C=O) groups is 7. The fourth-order valence-electron chi connectivity index (χ4n) is 3.18. The molecule has 1 atom stereocenters. The second-order valence-corrected chi connectivity index (χ2v) is 8.21. The van der Waals surface area contributed by atoms with E-state index in [1.54, 1.807) is 5.32 Å². The zero-order chi connectivity index (χ0) is 30.2. The lowest BCUT2D eigenvalue weighted by atomic mass is 10.1. The molecule has 1 aromatic rings. The molecule has 218 valence electrons. The smallest absolute Gasteiger partial charge is 0.407 e. The molecule has 0 aliphatic carbocycles. The first-order chi connectivity index (χ1) is 18.8. The van der Waals surface area contributed by atoms with Crippen LogP contribution >= 0.6 is 0 Å². The normalized spacial score (nSPS) is 13.3. The Morgan fingerprint density at radius 2 is 1.62 bits per heavy atom. The van der Waals surface area contributed by atoms with E-state index in [0.29, 0.717) is 29.8 Å². The van der Waals surface area contributed by atoms with Gasteiger partial charge in [-0.15, -0.1) is 0 Å². The van der Waals surface area contributed by atoms with Gasteiger partial charge in [0.25, 0.3) is 5.69 Å². The molecule has 17 nitrogen and oxygen atoms in total. The fourth-order valence-corrected chi connectivity index (χ4v) is 3.18. The summed E-state index contributed by atoms with van der Waals surface area (Å²) in [6.45, 7) is 0.446. The Kier molecular flexibility index (Phi) is 13.7. The SMILES string of the molecule is O=C(O)CCC(C(=O)O)N1C(=O)CC(=O)NC1=O.O=C(O)CCCCCNC(=O)OCc1ccc([N+](=O)[O-])cc1. The number of imide groups is 2. The molecule has 1 aromatic carbocycles. The Bertz CT molecular complexity index is 1100. The van der Waals surface area contributed by atoms with Gasteiger partial charge in [0.05, 0.1) is 4.92 Å². The van der Waals surface area contributed by atoms with Crippen molar-refractivity contribution in [2.45, 2.75) is 57.6 Å². The molecule has 0 radical (unpaired) electrons. The van der Waals surface area contributed by atoms with Crippen molar-refractivity contribution in [3.8, 4) is 0 Å². The Balaban J connectivity index is 0.000000408. The summed E-state index contributed by atoms with van der Waals surface area (Å²) in [5.41, 5.74) is 0.636. The molecule has 1 unspecified atom stereocenters. The summed E-state index contributed by atoms with van der Waals surface area (Å²) in [4.78, 5) is 87.0. The van der Waals surface area contributed by atoms with Crippen LogP contribution in [0.1, 0.15) is 50.5 Å². The van der Waals surface area contributed by atoms with Crippen LogP contribution in [-0.4, -0.2) is 79.6 Å². The molecule has 5 amide bonds. The second-order valence-electron chi connectivity index (χ2n) is 8.21. The number of amides is 5. The van der Waals surface area contributed by atoms with Gasteiger partial charge < -0.3 is 25.4 Å². The maximum atomic E-state index is 11.4. The van der Waals surface area contributed by atoms with Crippen LogP contribution in [0.15, 0.2) is 24.3 Å². The highest BCUT2D eigenvalue weighted by atomic mass is 16.6. The number of barbiturate groups is 1. The van der Waals surface area contributed by atoms with E-state index in [0.717, 1.165) is 6.42 Å². The summed E-state index contributed by atoms with van der Waals surface area (Å²) in [5.74, 6) is -5.35. The van der Waals surface area contributed by atoms with Crippen molar-refractivity contribution in [1.82, 2.24) is 15.5 Å². The monoisotopic (exact) mass is 568 g/mol. The minimum atomic E-state index is -1.60. The van der Waals surface area contributed by atoms with Gasteiger partial charge in [0.1, 0.15) is 19.1 Å². The van der Waals surface area contributed by atoms with Crippen molar-refractivity contribution in [3.05, 3.63) is 39.9 Å². The van der Waals surface area contributed by atoms with Crippen LogP contribution in [0.4, 0.5) is 15.3 Å². The maximum absolute atomic E-state index is 11.4. The van der Waals surface area contributed by atoms with Gasteiger partial charge in [-0.05, 0) is 37.0 Å². The van der Waals surface area contributed by atoms with E-state index in [-0.39, 0.29) is 18.7 Å². The number of benzene rings is 1. The standard InChI is InChI=1S/C14H18N2O6.C9H10N2O7/c17-13(18)4-2-1-3-9-15-14(19)22-10-11-5-7-12(8-6-11)16(20)21;12-5-3-6(13)11(9(18)10-5)4(8(16)17)1-2-7(14)15/h5-8H,1-4,9-10H2,(H,15,19)(H,17,18);4H,1-3H2,(H,14,15)(H,16,17)(H,10,12,18). The number of hydrogen-bond donors (Lipinski definition) is 5. The third-order valence-corrected chi connectivity index (χ3v) is 5.13. The Labute approximate surface area is 226 Å². The minimum absolute atomic E-state index is 0.0189. The molecule has 40 heavy (non-hydrogen) atoms. The number of nitro benzene ring substituents is 1. The van der Waals surface area contributed by atoms with E-state index in [9.17, 15) is 43.7 Å². The lowest BCUT2D eigenvalue weighted by Gasteiger charge is -2.29. The number of aliphatic carboxylic acids is 3. The van der Waals surface area contributed by atoms with Crippen LogP contribution in [0.5, 0.6) is 0 Å². The number of non-ortho nitro benzene ring substituents is 1. The first-order valence-corrected chi connectivity index (χ1v) is 11.8. The van der Waals surface area contributed by atoms with Crippen molar-refractivity contribution in [3.63, 3.8) is 0 Å². The summed E-state index contributed by atoms with van der Waals surface area (Å²) < 4.78 is 4.96. The lowest BCUT2D eigenvalue weighted by Crippen LogP contribution is -2.58. The number of rotatable bonds is 14. The highest BCUT2D eigenvalue weighted by molar-refractivity contribution is 6.15. The molecule has 1 aliphatic heterocycles. The number of unbranched alkanes of at least 4 members (excludes halogenated alkanes) is 2. The quantitative estimate of drug-likeness (QED) is 0.0916. The van der Waals surface area contributed by atoms with Gasteiger partial charge in [-0.1, -0.05) is 6.42 Å². The van der Waals surface area contributed by atoms with E-state index >= 15 is 0 Å². The van der Waals surface area contributed by atoms with Gasteiger partial charge in [0.2, 0.25) is 11.8 Å². The number of carboxylic acid groups (broad SMARTS) is 3. The molecule has 17 heteroatoms. The van der Waals surface area contributed by atoms with Gasteiger partial charge in [0, 0.05) is 31.5 Å². The summed E-state index contributed by atoms with van der Waals surface area (Å²) in [7, 11) is 0. The predicted octanol–water partition coefficient (Wildman–Crippen LogP) is 1.24. The van der Waals surface area contributed by atoms with Crippen LogP contribution in [0.3, 0.4) is 0 Å². The van der Waals surface area contributed by atoms with Crippen molar-refractivity contribution < 1.29 is 58.5 Å². The van der Waals surface area contributed by atoms with Crippen LogP contribution in [0.2, 0.25) is 0 Å². The Morgan fingerprint density at radius 1 is 1.00 bits per heavy atom. The summed E-state index contributed by atoms with van der Waals surface area (Å²) in [6.07, 6.45) is -0.0340. The second kappa shape index (κ2) is 16.7. The van der Waals surface area contributed by atoms with Gasteiger partial charge in [-0.25, -0.2) is 19.3 Å². The highest BCUT2D eigenvalue weighted by Gasteiger charge is 2.39. The summed E-state index contributed by atoms with van der Waals surface area (Å²) in [6, 6.07) is 3.00. The van der Waals surface area contributed by atoms with E-state index in [1.807, 2.05) is 0 Å². The summed E-state index contributed by atoms with van der Waals surface area (Å²) in [5, 5.41) is 40.6. The molecule has 1 saturated heterocycles. The van der Waals surface area contributed by atoms with Gasteiger partial charge in [-0.3, -0.25) is 34.6 Å². The molecule has 0 bridgehead atoms. The molecule has 2 rings (SSSR count). The molecular weight excluding hydrogens is 540 g/mol. The Hall–Kier alpha value is -5.09. The number of ether oxygens (including phenoxy) is 1. The molecule has 0 saturated carbocycles. The first kappa shape index (κ1) is 32.9. The molecule has 1 aliphatic rings. The number of alkyl carbamates (subject to hydrolysis) is 1. The van der Waals surface area contributed by atoms with Crippen LogP contribution < -0.4 is 10.6 Å². The molecule has 1 fully saturated rings. The lowest BCUT2D eigenvalue weighted by molar-refractivity contribution is -0.384. The first-order valence-electron chi connectivity index (χ1n) is 11.8. The Morgan fingerprint density at radius 3 is 2.15 bits per heavy atom. The third-order valence-electron chi connectivity index (χ3n) is 5.13. The zero-order valence-electron chi connectivity index (χ0n) is 21.1. The third kappa shape index (κ3) is 12.4. The van der Waals surface area contributed by atoms with Gasteiger partial charge >= 0.3 is 30.0 Å². The highest BCUT2D eigenvalue weighted by Crippen LogP contribution is 2.14. The summed E-state index contributed by atoms with van der Waals surface area (Å²) >= 11 is 0.